The standard InChI is InChI=1S/C10H11BrN2OS/c11-8-3-1-2-7(4-8)6-13-10(14)5-9(12)15/h1-4H,5-6H2,(H2,12,15)(H,13,14). The summed E-state index contributed by atoms with van der Waals surface area (Å²) in [4.78, 5) is 11.4. The highest BCUT2D eigenvalue weighted by atomic mass is 79.9. The summed E-state index contributed by atoms with van der Waals surface area (Å²) < 4.78 is 0.989. The van der Waals surface area contributed by atoms with Crippen molar-refractivity contribution in [3.63, 3.8) is 0 Å². The van der Waals surface area contributed by atoms with Crippen LogP contribution in [-0.4, -0.2) is 10.9 Å². The van der Waals surface area contributed by atoms with Crippen molar-refractivity contribution in [3.05, 3.63) is 34.3 Å². The third kappa shape index (κ3) is 4.90. The second-order valence-corrected chi connectivity index (χ2v) is 4.49. The summed E-state index contributed by atoms with van der Waals surface area (Å²) in [7, 11) is 0. The molecule has 5 heteroatoms. The van der Waals surface area contributed by atoms with Gasteiger partial charge in [0, 0.05) is 11.0 Å². The van der Waals surface area contributed by atoms with E-state index >= 15 is 0 Å². The van der Waals surface area contributed by atoms with E-state index in [-0.39, 0.29) is 17.3 Å². The Morgan fingerprint density at radius 3 is 2.87 bits per heavy atom. The fraction of sp³-hybridized carbons (Fsp3) is 0.200. The molecule has 0 atom stereocenters. The second kappa shape index (κ2) is 5.82. The lowest BCUT2D eigenvalue weighted by Gasteiger charge is -2.04. The topological polar surface area (TPSA) is 55.1 Å². The zero-order valence-corrected chi connectivity index (χ0v) is 10.4. The highest BCUT2D eigenvalue weighted by Crippen LogP contribution is 2.11. The first-order valence-electron chi connectivity index (χ1n) is 4.37. The third-order valence-corrected chi connectivity index (χ3v) is 2.35. The molecule has 3 nitrogen and oxygen atoms in total. The first kappa shape index (κ1) is 12.1. The van der Waals surface area contributed by atoms with Gasteiger partial charge < -0.3 is 11.1 Å². The zero-order valence-electron chi connectivity index (χ0n) is 8.00. The molecule has 1 aromatic carbocycles. The van der Waals surface area contributed by atoms with Crippen LogP contribution in [0.2, 0.25) is 0 Å². The van der Waals surface area contributed by atoms with Crippen molar-refractivity contribution in [1.29, 1.82) is 0 Å². The number of nitrogens with one attached hydrogen (secondary N) is 1. The van der Waals surface area contributed by atoms with Gasteiger partial charge in [-0.3, -0.25) is 4.79 Å². The quantitative estimate of drug-likeness (QED) is 0.829. The molecule has 1 aromatic rings. The van der Waals surface area contributed by atoms with Gasteiger partial charge in [0.25, 0.3) is 0 Å². The van der Waals surface area contributed by atoms with E-state index in [1.807, 2.05) is 24.3 Å². The van der Waals surface area contributed by atoms with Crippen LogP contribution in [-0.2, 0) is 11.3 Å². The largest absolute Gasteiger partial charge is 0.393 e. The van der Waals surface area contributed by atoms with Crippen LogP contribution in [0.3, 0.4) is 0 Å². The molecule has 0 radical (unpaired) electrons. The van der Waals surface area contributed by atoms with Crippen LogP contribution in [0.25, 0.3) is 0 Å². The van der Waals surface area contributed by atoms with Crippen molar-refractivity contribution in [3.8, 4) is 0 Å². The van der Waals surface area contributed by atoms with Crippen LogP contribution in [0.4, 0.5) is 0 Å². The molecule has 1 rings (SSSR count). The van der Waals surface area contributed by atoms with Crippen molar-refractivity contribution in [2.75, 3.05) is 0 Å². The van der Waals surface area contributed by atoms with Crippen molar-refractivity contribution in [2.45, 2.75) is 13.0 Å². The van der Waals surface area contributed by atoms with Crippen molar-refractivity contribution in [1.82, 2.24) is 5.32 Å². The molecule has 0 saturated carbocycles. The Labute approximate surface area is 102 Å². The van der Waals surface area contributed by atoms with E-state index in [4.69, 9.17) is 5.73 Å². The van der Waals surface area contributed by atoms with Crippen LogP contribution in [0.5, 0.6) is 0 Å². The smallest absolute Gasteiger partial charge is 0.227 e. The number of carbonyl (C=O) groups is 1. The minimum absolute atomic E-state index is 0.101. The van der Waals surface area contributed by atoms with E-state index in [9.17, 15) is 4.79 Å². The summed E-state index contributed by atoms with van der Waals surface area (Å²) in [6, 6.07) is 7.73. The number of rotatable bonds is 4. The molecule has 0 saturated heterocycles. The minimum atomic E-state index is -0.150. The lowest BCUT2D eigenvalue weighted by Crippen LogP contribution is -2.27. The Morgan fingerprint density at radius 2 is 2.27 bits per heavy atom. The molecule has 0 aliphatic rings. The Balaban J connectivity index is 2.43. The molecule has 80 valence electrons. The average molecular weight is 287 g/mol. The van der Waals surface area contributed by atoms with Crippen LogP contribution in [0, 0.1) is 0 Å². The van der Waals surface area contributed by atoms with Gasteiger partial charge in [-0.25, -0.2) is 0 Å². The predicted molar refractivity (Wildman–Crippen MR) is 67.4 cm³/mol. The molecule has 0 bridgehead atoms. The van der Waals surface area contributed by atoms with Crippen molar-refractivity contribution < 1.29 is 4.79 Å². The molecule has 0 spiro atoms. The van der Waals surface area contributed by atoms with Gasteiger partial charge in [0.15, 0.2) is 0 Å². The highest BCUT2D eigenvalue weighted by molar-refractivity contribution is 9.10. The Morgan fingerprint density at radius 1 is 1.53 bits per heavy atom. The SMILES string of the molecule is NC(=S)CC(=O)NCc1cccc(Br)c1. The summed E-state index contributed by atoms with van der Waals surface area (Å²) in [6.07, 6.45) is 0.101. The van der Waals surface area contributed by atoms with Gasteiger partial charge in [0.2, 0.25) is 5.91 Å². The van der Waals surface area contributed by atoms with E-state index in [1.54, 1.807) is 0 Å². The van der Waals surface area contributed by atoms with E-state index < -0.39 is 0 Å². The minimum Gasteiger partial charge on any atom is -0.393 e. The van der Waals surface area contributed by atoms with Crippen LogP contribution in [0.15, 0.2) is 28.7 Å². The summed E-state index contributed by atoms with van der Waals surface area (Å²) in [5.74, 6) is -0.150. The monoisotopic (exact) mass is 286 g/mol. The summed E-state index contributed by atoms with van der Waals surface area (Å²) in [5, 5.41) is 2.73. The Hall–Kier alpha value is -0.940. The first-order valence-corrected chi connectivity index (χ1v) is 5.57. The van der Waals surface area contributed by atoms with E-state index in [0.29, 0.717) is 6.54 Å². The molecule has 0 aromatic heterocycles. The normalized spacial score (nSPS) is 9.67. The molecule has 1 amide bonds. The highest BCUT2D eigenvalue weighted by Gasteiger charge is 2.02. The fourth-order valence-electron chi connectivity index (χ4n) is 1.07. The van der Waals surface area contributed by atoms with Gasteiger partial charge in [-0.15, -0.1) is 0 Å². The van der Waals surface area contributed by atoms with Crippen LogP contribution < -0.4 is 11.1 Å². The molecule has 0 aliphatic heterocycles. The number of hydrogen-bond donors (Lipinski definition) is 2. The Kier molecular flexibility index (Phi) is 4.71. The van der Waals surface area contributed by atoms with Gasteiger partial charge >= 0.3 is 0 Å². The maximum atomic E-state index is 11.2. The molecule has 0 heterocycles. The number of halogens is 1. The lowest BCUT2D eigenvalue weighted by atomic mass is 10.2. The number of benzene rings is 1. The molecule has 0 unspecified atom stereocenters. The maximum absolute atomic E-state index is 11.2. The van der Waals surface area contributed by atoms with Gasteiger partial charge in [-0.1, -0.05) is 40.3 Å². The van der Waals surface area contributed by atoms with Crippen molar-refractivity contribution in [2.24, 2.45) is 5.73 Å². The number of carbonyl (C=O) groups excluding carboxylic acids is 1. The van der Waals surface area contributed by atoms with Gasteiger partial charge in [0.05, 0.1) is 11.4 Å². The number of nitrogens with two attached hydrogens (primary N) is 1. The fourth-order valence-corrected chi connectivity index (χ4v) is 1.65. The molecular formula is C10H11BrN2OS. The second-order valence-electron chi connectivity index (χ2n) is 3.05. The predicted octanol–water partition coefficient (Wildman–Crippen LogP) is 1.74. The molecule has 15 heavy (non-hydrogen) atoms. The first-order chi connectivity index (χ1) is 7.08. The van der Waals surface area contributed by atoms with E-state index in [0.717, 1.165) is 10.0 Å². The molecular weight excluding hydrogens is 276 g/mol. The van der Waals surface area contributed by atoms with Crippen LogP contribution >= 0.6 is 28.1 Å². The van der Waals surface area contributed by atoms with Gasteiger partial charge in [-0.2, -0.15) is 0 Å². The molecule has 0 aliphatic carbocycles. The van der Waals surface area contributed by atoms with Gasteiger partial charge in [0.1, 0.15) is 0 Å². The summed E-state index contributed by atoms with van der Waals surface area (Å²) in [5.41, 5.74) is 6.28. The Bertz CT molecular complexity index is 381. The lowest BCUT2D eigenvalue weighted by molar-refractivity contribution is -0.120. The molecule has 3 N–H and O–H groups in total. The van der Waals surface area contributed by atoms with Crippen LogP contribution in [0.1, 0.15) is 12.0 Å². The van der Waals surface area contributed by atoms with E-state index in [1.165, 1.54) is 0 Å². The van der Waals surface area contributed by atoms with Crippen molar-refractivity contribution >= 4 is 39.0 Å². The van der Waals surface area contributed by atoms with Gasteiger partial charge in [-0.05, 0) is 17.7 Å². The summed E-state index contributed by atoms with van der Waals surface area (Å²) >= 11 is 7.99. The van der Waals surface area contributed by atoms with E-state index in [2.05, 4.69) is 33.5 Å². The molecule has 0 fully saturated rings. The number of thiocarbonyl (C=S) groups is 1. The average Bonchev–Trinajstić information content (AvgIpc) is 2.14. The maximum Gasteiger partial charge on any atom is 0.227 e. The number of amides is 1. The third-order valence-electron chi connectivity index (χ3n) is 1.71. The number of hydrogen-bond acceptors (Lipinski definition) is 2. The summed E-state index contributed by atoms with van der Waals surface area (Å²) in [6.45, 7) is 0.487. The zero-order chi connectivity index (χ0) is 11.3.